The van der Waals surface area contributed by atoms with E-state index in [1.165, 1.54) is 12.8 Å². The van der Waals surface area contributed by atoms with Crippen LogP contribution in [0.15, 0.2) is 24.3 Å². The number of aryl methyl sites for hydroxylation is 1. The van der Waals surface area contributed by atoms with Gasteiger partial charge < -0.3 is 10.6 Å². The Hall–Kier alpha value is -1.81. The molecule has 2 aromatic rings. The van der Waals surface area contributed by atoms with Crippen molar-refractivity contribution < 1.29 is 0 Å². The Morgan fingerprint density at radius 1 is 1.13 bits per heavy atom. The first-order valence-corrected chi connectivity index (χ1v) is 8.38. The van der Waals surface area contributed by atoms with Crippen molar-refractivity contribution in [1.82, 2.24) is 9.97 Å². The van der Waals surface area contributed by atoms with Gasteiger partial charge in [-0.1, -0.05) is 17.7 Å². The molecule has 0 spiro atoms. The third-order valence-corrected chi connectivity index (χ3v) is 3.93. The Morgan fingerprint density at radius 3 is 2.48 bits per heavy atom. The highest BCUT2D eigenvalue weighted by Gasteiger charge is 2.26. The Bertz CT molecular complexity index is 717. The smallest absolute Gasteiger partial charge is 0.225 e. The zero-order valence-electron chi connectivity index (χ0n) is 14.1. The van der Waals surface area contributed by atoms with Crippen LogP contribution in [-0.2, 0) is 0 Å². The minimum absolute atomic E-state index is 0.0824. The van der Waals surface area contributed by atoms with E-state index < -0.39 is 0 Å². The number of nitrogens with one attached hydrogen (secondary N) is 2. The van der Waals surface area contributed by atoms with E-state index in [0.717, 1.165) is 22.8 Å². The van der Waals surface area contributed by atoms with Gasteiger partial charge in [0.1, 0.15) is 5.82 Å². The summed E-state index contributed by atoms with van der Waals surface area (Å²) in [5, 5.41) is 7.38. The van der Waals surface area contributed by atoms with Gasteiger partial charge in [-0.3, -0.25) is 0 Å². The first-order valence-electron chi connectivity index (χ1n) is 8.00. The van der Waals surface area contributed by atoms with Crippen LogP contribution >= 0.6 is 11.6 Å². The summed E-state index contributed by atoms with van der Waals surface area (Å²) >= 11 is 6.32. The minimum Gasteiger partial charge on any atom is -0.350 e. The van der Waals surface area contributed by atoms with Gasteiger partial charge >= 0.3 is 0 Å². The third-order valence-electron chi connectivity index (χ3n) is 3.62. The van der Waals surface area contributed by atoms with Crippen molar-refractivity contribution in [3.8, 4) is 0 Å². The molecule has 0 radical (unpaired) electrons. The van der Waals surface area contributed by atoms with Crippen molar-refractivity contribution in [2.24, 2.45) is 0 Å². The van der Waals surface area contributed by atoms with Gasteiger partial charge in [0.2, 0.25) is 5.95 Å². The molecule has 5 heteroatoms. The number of benzene rings is 1. The number of hydrogen-bond donors (Lipinski definition) is 2. The van der Waals surface area contributed by atoms with Gasteiger partial charge in [0.25, 0.3) is 0 Å². The zero-order valence-corrected chi connectivity index (χ0v) is 14.8. The number of aromatic nitrogens is 2. The van der Waals surface area contributed by atoms with E-state index in [9.17, 15) is 0 Å². The average molecular weight is 331 g/mol. The molecule has 1 aromatic carbocycles. The first kappa shape index (κ1) is 16.1. The topological polar surface area (TPSA) is 49.8 Å². The maximum Gasteiger partial charge on any atom is 0.225 e. The SMILES string of the molecule is Cc1ccc(Nc2cc(C3CC3)nc(NC(C)(C)C)n2)c(Cl)c1. The van der Waals surface area contributed by atoms with E-state index in [1.807, 2.05) is 31.2 Å². The number of hydrogen-bond acceptors (Lipinski definition) is 4. The molecule has 1 fully saturated rings. The molecule has 1 aromatic heterocycles. The zero-order chi connectivity index (χ0) is 16.6. The lowest BCUT2D eigenvalue weighted by Crippen LogP contribution is -2.27. The highest BCUT2D eigenvalue weighted by atomic mass is 35.5. The van der Waals surface area contributed by atoms with Crippen LogP contribution in [0.1, 0.15) is 50.8 Å². The molecule has 1 heterocycles. The van der Waals surface area contributed by atoms with Crippen LogP contribution in [0.3, 0.4) is 0 Å². The molecule has 0 bridgehead atoms. The molecule has 4 nitrogen and oxygen atoms in total. The van der Waals surface area contributed by atoms with Gasteiger partial charge in [-0.2, -0.15) is 4.98 Å². The second-order valence-corrected chi connectivity index (χ2v) is 7.67. The predicted octanol–water partition coefficient (Wildman–Crippen LogP) is 5.27. The molecule has 1 aliphatic rings. The van der Waals surface area contributed by atoms with Gasteiger partial charge in [0, 0.05) is 17.5 Å². The van der Waals surface area contributed by atoms with E-state index in [0.29, 0.717) is 16.9 Å². The van der Waals surface area contributed by atoms with Gasteiger partial charge in [-0.05, 0) is 58.2 Å². The molecular formula is C18H23ClN4. The van der Waals surface area contributed by atoms with Crippen molar-refractivity contribution in [1.29, 1.82) is 0 Å². The summed E-state index contributed by atoms with van der Waals surface area (Å²) in [5.74, 6) is 2.00. The van der Waals surface area contributed by atoms with Gasteiger partial charge in [-0.15, -0.1) is 0 Å². The molecule has 0 amide bonds. The van der Waals surface area contributed by atoms with Crippen LogP contribution in [0.2, 0.25) is 5.02 Å². The van der Waals surface area contributed by atoms with Crippen LogP contribution < -0.4 is 10.6 Å². The standard InChI is InChI=1S/C18H23ClN4/c1-11-5-8-14(13(19)9-11)20-16-10-15(12-6-7-12)21-17(22-16)23-18(2,3)4/h5,8-10,12H,6-7H2,1-4H3,(H2,20,21,22,23). The van der Waals surface area contributed by atoms with Crippen LogP contribution in [0, 0.1) is 6.92 Å². The Labute approximate surface area is 142 Å². The van der Waals surface area contributed by atoms with Crippen molar-refractivity contribution in [2.45, 2.75) is 52.0 Å². The molecule has 0 aliphatic heterocycles. The lowest BCUT2D eigenvalue weighted by molar-refractivity contribution is 0.625. The number of halogens is 1. The van der Waals surface area contributed by atoms with E-state index in [-0.39, 0.29) is 5.54 Å². The molecule has 2 N–H and O–H groups in total. The predicted molar refractivity (Wildman–Crippen MR) is 96.9 cm³/mol. The second-order valence-electron chi connectivity index (χ2n) is 7.26. The van der Waals surface area contributed by atoms with Crippen molar-refractivity contribution in [3.63, 3.8) is 0 Å². The molecule has 1 aliphatic carbocycles. The summed E-state index contributed by atoms with van der Waals surface area (Å²) in [5.41, 5.74) is 3.01. The summed E-state index contributed by atoms with van der Waals surface area (Å²) in [6.45, 7) is 8.33. The van der Waals surface area contributed by atoms with Crippen molar-refractivity contribution in [3.05, 3.63) is 40.5 Å². The van der Waals surface area contributed by atoms with Crippen LogP contribution in [-0.4, -0.2) is 15.5 Å². The third kappa shape index (κ3) is 4.35. The summed E-state index contributed by atoms with van der Waals surface area (Å²) < 4.78 is 0. The van der Waals surface area contributed by atoms with Gasteiger partial charge in [0.05, 0.1) is 16.4 Å². The largest absolute Gasteiger partial charge is 0.350 e. The van der Waals surface area contributed by atoms with Crippen LogP contribution in [0.4, 0.5) is 17.5 Å². The van der Waals surface area contributed by atoms with Gasteiger partial charge in [-0.25, -0.2) is 4.98 Å². The fourth-order valence-electron chi connectivity index (χ4n) is 2.37. The molecule has 23 heavy (non-hydrogen) atoms. The van der Waals surface area contributed by atoms with Crippen LogP contribution in [0.5, 0.6) is 0 Å². The maximum absolute atomic E-state index is 6.32. The molecule has 0 atom stereocenters. The maximum atomic E-state index is 6.32. The van der Waals surface area contributed by atoms with Crippen LogP contribution in [0.25, 0.3) is 0 Å². The monoisotopic (exact) mass is 330 g/mol. The summed E-state index contributed by atoms with van der Waals surface area (Å²) in [4.78, 5) is 9.26. The Balaban J connectivity index is 1.91. The fraction of sp³-hybridized carbons (Fsp3) is 0.444. The Morgan fingerprint density at radius 2 is 1.87 bits per heavy atom. The summed E-state index contributed by atoms with van der Waals surface area (Å²) in [6, 6.07) is 7.99. The molecule has 0 saturated heterocycles. The average Bonchev–Trinajstić information content (AvgIpc) is 3.24. The highest BCUT2D eigenvalue weighted by molar-refractivity contribution is 6.33. The highest BCUT2D eigenvalue weighted by Crippen LogP contribution is 2.40. The van der Waals surface area contributed by atoms with E-state index >= 15 is 0 Å². The Kier molecular flexibility index (Phi) is 4.19. The molecule has 0 unspecified atom stereocenters. The molecular weight excluding hydrogens is 308 g/mol. The summed E-state index contributed by atoms with van der Waals surface area (Å²) in [6.07, 6.45) is 2.41. The van der Waals surface area contributed by atoms with Gasteiger partial charge in [0.15, 0.2) is 0 Å². The molecule has 3 rings (SSSR count). The normalized spacial score (nSPS) is 14.7. The van der Waals surface area contributed by atoms with E-state index in [2.05, 4.69) is 41.4 Å². The second kappa shape index (κ2) is 6.00. The quantitative estimate of drug-likeness (QED) is 0.801. The van der Waals surface area contributed by atoms with Crippen molar-refractivity contribution in [2.75, 3.05) is 10.6 Å². The van der Waals surface area contributed by atoms with E-state index in [4.69, 9.17) is 11.6 Å². The lowest BCUT2D eigenvalue weighted by Gasteiger charge is -2.21. The number of rotatable bonds is 4. The fourth-order valence-corrected chi connectivity index (χ4v) is 2.65. The van der Waals surface area contributed by atoms with Crippen molar-refractivity contribution >= 4 is 29.1 Å². The number of anilines is 3. The summed E-state index contributed by atoms with van der Waals surface area (Å²) in [7, 11) is 0. The van der Waals surface area contributed by atoms with E-state index in [1.54, 1.807) is 0 Å². The molecule has 122 valence electrons. The first-order chi connectivity index (χ1) is 10.8. The number of nitrogens with zero attached hydrogens (tertiary/aromatic N) is 2. The lowest BCUT2D eigenvalue weighted by atomic mass is 10.1. The minimum atomic E-state index is -0.0824. The molecule has 1 saturated carbocycles.